The maximum atomic E-state index is 13.0. The Morgan fingerprint density at radius 1 is 1.42 bits per heavy atom. The third-order valence-corrected chi connectivity index (χ3v) is 4.71. The van der Waals surface area contributed by atoms with Gasteiger partial charge in [-0.25, -0.2) is 0 Å². The van der Waals surface area contributed by atoms with Crippen LogP contribution in [0, 0.1) is 0 Å². The van der Waals surface area contributed by atoms with Gasteiger partial charge in [0.2, 0.25) is 5.91 Å². The molecule has 1 unspecified atom stereocenters. The Bertz CT molecular complexity index is 703. The number of benzene rings is 1. The lowest BCUT2D eigenvalue weighted by atomic mass is 9.87. The van der Waals surface area contributed by atoms with Crippen LogP contribution in [0.4, 0.5) is 0 Å². The molecular weight excluding hydrogens is 375 g/mol. The van der Waals surface area contributed by atoms with Crippen LogP contribution in [0.25, 0.3) is 0 Å². The summed E-state index contributed by atoms with van der Waals surface area (Å²) in [6.07, 6.45) is 4.83. The van der Waals surface area contributed by atoms with Crippen LogP contribution in [0.5, 0.6) is 5.75 Å². The second-order valence-corrected chi connectivity index (χ2v) is 6.76. The molecule has 1 aromatic carbocycles. The highest BCUT2D eigenvalue weighted by molar-refractivity contribution is 6.30. The van der Waals surface area contributed by atoms with Gasteiger partial charge in [0, 0.05) is 17.4 Å². The van der Waals surface area contributed by atoms with Crippen LogP contribution in [0.2, 0.25) is 5.02 Å². The number of amides is 1. The maximum absolute atomic E-state index is 13.0. The number of carbonyl (C=O) groups is 1. The van der Waals surface area contributed by atoms with Crippen molar-refractivity contribution in [3.05, 3.63) is 47.7 Å². The predicted octanol–water partition coefficient (Wildman–Crippen LogP) is 2.62. The monoisotopic (exact) mass is 398 g/mol. The van der Waals surface area contributed by atoms with Crippen molar-refractivity contribution in [1.82, 2.24) is 20.4 Å². The molecule has 1 aromatic heterocycles. The van der Waals surface area contributed by atoms with Crippen LogP contribution in [0.15, 0.2) is 42.7 Å². The van der Waals surface area contributed by atoms with Crippen molar-refractivity contribution in [2.75, 3.05) is 19.6 Å². The Balaban J connectivity index is 0.00000243. The van der Waals surface area contributed by atoms with Gasteiger partial charge in [-0.2, -0.15) is 5.10 Å². The van der Waals surface area contributed by atoms with Gasteiger partial charge in [-0.15, -0.1) is 12.4 Å². The van der Waals surface area contributed by atoms with Crippen molar-refractivity contribution >= 4 is 29.9 Å². The fourth-order valence-electron chi connectivity index (χ4n) is 3.14. The number of hydrogen-bond acceptors (Lipinski definition) is 4. The molecule has 0 saturated carbocycles. The molecule has 1 aliphatic heterocycles. The van der Waals surface area contributed by atoms with E-state index in [0.29, 0.717) is 30.2 Å². The normalized spacial score (nSPS) is 17.0. The first-order chi connectivity index (χ1) is 12.1. The zero-order chi connectivity index (χ0) is 17.7. The van der Waals surface area contributed by atoms with Crippen molar-refractivity contribution in [3.8, 4) is 5.75 Å². The number of rotatable bonds is 6. The van der Waals surface area contributed by atoms with Crippen LogP contribution in [0.3, 0.4) is 0 Å². The Kier molecular flexibility index (Phi) is 7.32. The Morgan fingerprint density at radius 3 is 2.85 bits per heavy atom. The van der Waals surface area contributed by atoms with E-state index in [-0.39, 0.29) is 24.4 Å². The topological polar surface area (TPSA) is 68.2 Å². The van der Waals surface area contributed by atoms with E-state index in [1.807, 2.05) is 31.3 Å². The minimum atomic E-state index is -0.634. The molecule has 0 radical (unpaired) electrons. The molecule has 1 aliphatic rings. The zero-order valence-electron chi connectivity index (χ0n) is 14.7. The summed E-state index contributed by atoms with van der Waals surface area (Å²) in [6, 6.07) is 9.10. The second kappa shape index (κ2) is 9.26. The number of piperidine rings is 1. The number of carbonyl (C=O) groups excluding carboxylic acids is 1. The molecule has 2 N–H and O–H groups in total. The van der Waals surface area contributed by atoms with Crippen LogP contribution in [-0.4, -0.2) is 41.4 Å². The highest BCUT2D eigenvalue weighted by atomic mass is 35.5. The molecule has 2 aromatic rings. The molecule has 26 heavy (non-hydrogen) atoms. The van der Waals surface area contributed by atoms with Crippen LogP contribution in [-0.2, 0) is 10.3 Å². The Hall–Kier alpha value is -1.76. The summed E-state index contributed by atoms with van der Waals surface area (Å²) in [5.74, 6) is 0.678. The highest BCUT2D eigenvalue weighted by Crippen LogP contribution is 2.27. The summed E-state index contributed by atoms with van der Waals surface area (Å²) in [4.78, 5) is 13.0. The quantitative estimate of drug-likeness (QED) is 0.784. The molecule has 1 amide bonds. The summed E-state index contributed by atoms with van der Waals surface area (Å²) in [5, 5.41) is 11.3. The summed E-state index contributed by atoms with van der Waals surface area (Å²) in [5.41, 5.74) is -0.634. The average molecular weight is 399 g/mol. The van der Waals surface area contributed by atoms with Gasteiger partial charge < -0.3 is 15.4 Å². The summed E-state index contributed by atoms with van der Waals surface area (Å²) in [6.45, 7) is 3.93. The van der Waals surface area contributed by atoms with Crippen molar-refractivity contribution in [2.45, 2.75) is 31.4 Å². The summed E-state index contributed by atoms with van der Waals surface area (Å²) >= 11 is 5.97. The first-order valence-electron chi connectivity index (χ1n) is 8.51. The molecule has 0 spiro atoms. The zero-order valence-corrected chi connectivity index (χ0v) is 16.2. The van der Waals surface area contributed by atoms with Crippen LogP contribution >= 0.6 is 24.0 Å². The van der Waals surface area contributed by atoms with Gasteiger partial charge in [0.15, 0.2) is 0 Å². The molecule has 2 heterocycles. The fraction of sp³-hybridized carbons (Fsp3) is 0.444. The molecule has 0 aliphatic carbocycles. The smallest absolute Gasteiger partial charge is 0.248 e. The number of hydrogen-bond donors (Lipinski definition) is 2. The van der Waals surface area contributed by atoms with Gasteiger partial charge in [-0.1, -0.05) is 17.7 Å². The van der Waals surface area contributed by atoms with Gasteiger partial charge in [0.05, 0.1) is 6.54 Å². The van der Waals surface area contributed by atoms with E-state index in [2.05, 4.69) is 15.7 Å². The summed E-state index contributed by atoms with van der Waals surface area (Å²) in [7, 11) is 0. The predicted molar refractivity (Wildman–Crippen MR) is 104 cm³/mol. The minimum absolute atomic E-state index is 0. The fourth-order valence-corrected chi connectivity index (χ4v) is 3.32. The van der Waals surface area contributed by atoms with Crippen LogP contribution in [0.1, 0.15) is 19.8 Å². The molecule has 1 fully saturated rings. The van der Waals surface area contributed by atoms with Crippen molar-refractivity contribution in [1.29, 1.82) is 0 Å². The van der Waals surface area contributed by atoms with Gasteiger partial charge >= 0.3 is 0 Å². The molecule has 0 bridgehead atoms. The van der Waals surface area contributed by atoms with E-state index in [9.17, 15) is 4.79 Å². The third-order valence-electron chi connectivity index (χ3n) is 4.48. The Labute approximate surface area is 164 Å². The number of nitrogens with zero attached hydrogens (tertiary/aromatic N) is 2. The van der Waals surface area contributed by atoms with E-state index in [1.54, 1.807) is 23.0 Å². The molecule has 1 atom stereocenters. The van der Waals surface area contributed by atoms with E-state index in [1.165, 1.54) is 0 Å². The lowest BCUT2D eigenvalue weighted by Gasteiger charge is -2.36. The lowest BCUT2D eigenvalue weighted by Crippen LogP contribution is -2.55. The molecule has 1 saturated heterocycles. The lowest BCUT2D eigenvalue weighted by molar-refractivity contribution is -0.132. The maximum Gasteiger partial charge on any atom is 0.248 e. The number of aromatic nitrogens is 2. The van der Waals surface area contributed by atoms with Crippen LogP contribution < -0.4 is 15.4 Å². The highest BCUT2D eigenvalue weighted by Gasteiger charge is 2.41. The molecule has 3 rings (SSSR count). The van der Waals surface area contributed by atoms with Gasteiger partial charge in [0.1, 0.15) is 17.4 Å². The number of halogens is 2. The van der Waals surface area contributed by atoms with Gasteiger partial charge in [-0.05, 0) is 57.1 Å². The molecule has 142 valence electrons. The standard InChI is InChI=1S/C18H23ClN4O2.ClH/c1-14(25-16-5-2-4-15(19)12-16)13-21-17(24)18(6-9-20-10-7-18)23-11-3-8-22-23;/h2-5,8,11-12,14,20H,6-7,9-10,13H2,1H3,(H,21,24);1H. The average Bonchev–Trinajstić information content (AvgIpc) is 3.15. The van der Waals surface area contributed by atoms with E-state index < -0.39 is 5.54 Å². The van der Waals surface area contributed by atoms with Crippen molar-refractivity contribution in [2.24, 2.45) is 0 Å². The van der Waals surface area contributed by atoms with E-state index in [4.69, 9.17) is 16.3 Å². The SMILES string of the molecule is CC(CNC(=O)C1(n2cccn2)CCNCC1)Oc1cccc(Cl)c1.Cl. The van der Waals surface area contributed by atoms with E-state index in [0.717, 1.165) is 13.1 Å². The van der Waals surface area contributed by atoms with Crippen molar-refractivity contribution < 1.29 is 9.53 Å². The first-order valence-corrected chi connectivity index (χ1v) is 8.89. The molecule has 8 heteroatoms. The minimum Gasteiger partial charge on any atom is -0.489 e. The van der Waals surface area contributed by atoms with Gasteiger partial charge in [0.25, 0.3) is 0 Å². The van der Waals surface area contributed by atoms with E-state index >= 15 is 0 Å². The summed E-state index contributed by atoms with van der Waals surface area (Å²) < 4.78 is 7.61. The molecule has 6 nitrogen and oxygen atoms in total. The Morgan fingerprint density at radius 2 is 2.19 bits per heavy atom. The largest absolute Gasteiger partial charge is 0.489 e. The molecular formula is C18H24Cl2N4O2. The number of nitrogens with one attached hydrogen (secondary N) is 2. The number of ether oxygens (including phenoxy) is 1. The second-order valence-electron chi connectivity index (χ2n) is 6.33. The van der Waals surface area contributed by atoms with Gasteiger partial charge in [-0.3, -0.25) is 9.48 Å². The first kappa shape index (κ1) is 20.6. The van der Waals surface area contributed by atoms with Crippen molar-refractivity contribution in [3.63, 3.8) is 0 Å². The third kappa shape index (κ3) is 4.69.